The minimum absolute atomic E-state index is 0.0819. The number of rotatable bonds is 3. The maximum absolute atomic E-state index is 11.8. The number of carbonyl (C=O) groups is 2. The van der Waals surface area contributed by atoms with E-state index in [0.717, 1.165) is 16.5 Å². The fourth-order valence-corrected chi connectivity index (χ4v) is 2.51. The number of H-pyrrole nitrogens is 1. The van der Waals surface area contributed by atoms with Crippen molar-refractivity contribution < 1.29 is 14.7 Å². The fourth-order valence-electron chi connectivity index (χ4n) is 2.51. The molecule has 2 N–H and O–H groups in total. The number of benzene rings is 1. The van der Waals surface area contributed by atoms with Crippen molar-refractivity contribution in [2.24, 2.45) is 5.92 Å². The van der Waals surface area contributed by atoms with Crippen molar-refractivity contribution in [3.05, 3.63) is 36.0 Å². The summed E-state index contributed by atoms with van der Waals surface area (Å²) in [7, 11) is 0. The second-order valence-corrected chi connectivity index (χ2v) is 4.91. The lowest BCUT2D eigenvalue weighted by Crippen LogP contribution is -2.25. The Bertz CT molecular complexity index is 647. The maximum Gasteiger partial charge on any atom is 0.308 e. The van der Waals surface area contributed by atoms with E-state index in [1.54, 1.807) is 4.90 Å². The lowest BCUT2D eigenvalue weighted by atomic mass is 10.1. The molecule has 1 aromatic heterocycles. The van der Waals surface area contributed by atoms with Gasteiger partial charge in [-0.15, -0.1) is 0 Å². The van der Waals surface area contributed by atoms with Crippen LogP contribution in [-0.2, 0) is 16.1 Å². The van der Waals surface area contributed by atoms with Gasteiger partial charge in [-0.05, 0) is 29.1 Å². The Morgan fingerprint density at radius 1 is 1.42 bits per heavy atom. The number of fused-ring (bicyclic) bond motifs is 1. The Hall–Kier alpha value is -2.30. The van der Waals surface area contributed by atoms with Gasteiger partial charge in [0.15, 0.2) is 0 Å². The number of carboxylic acid groups (broad SMARTS) is 1. The van der Waals surface area contributed by atoms with Crippen molar-refractivity contribution in [1.29, 1.82) is 0 Å². The van der Waals surface area contributed by atoms with Crippen LogP contribution in [0.3, 0.4) is 0 Å². The largest absolute Gasteiger partial charge is 0.481 e. The molecule has 1 unspecified atom stereocenters. The molecule has 0 radical (unpaired) electrons. The lowest BCUT2D eigenvalue weighted by molar-refractivity contribution is -0.141. The van der Waals surface area contributed by atoms with Crippen molar-refractivity contribution in [1.82, 2.24) is 9.88 Å². The number of hydrogen-bond acceptors (Lipinski definition) is 2. The summed E-state index contributed by atoms with van der Waals surface area (Å²) in [5.41, 5.74) is 2.08. The van der Waals surface area contributed by atoms with Gasteiger partial charge in [-0.1, -0.05) is 6.07 Å². The topological polar surface area (TPSA) is 73.4 Å². The van der Waals surface area contributed by atoms with Crippen LogP contribution in [0.2, 0.25) is 0 Å². The van der Waals surface area contributed by atoms with E-state index in [-0.39, 0.29) is 12.3 Å². The van der Waals surface area contributed by atoms with Crippen LogP contribution in [0.1, 0.15) is 12.0 Å². The Balaban J connectivity index is 1.77. The summed E-state index contributed by atoms with van der Waals surface area (Å²) in [5, 5.41) is 10.0. The predicted molar refractivity (Wildman–Crippen MR) is 69.5 cm³/mol. The standard InChI is InChI=1S/C14H14N2O3/c17-13-6-11(14(18)19)8-16(13)7-9-1-2-12-10(5-9)3-4-15-12/h1-5,11,15H,6-8H2,(H,18,19). The van der Waals surface area contributed by atoms with E-state index in [1.165, 1.54) is 0 Å². The molecular formula is C14H14N2O3. The van der Waals surface area contributed by atoms with E-state index in [2.05, 4.69) is 4.98 Å². The summed E-state index contributed by atoms with van der Waals surface area (Å²) < 4.78 is 0. The number of aromatic amines is 1. The molecule has 98 valence electrons. The Morgan fingerprint density at radius 3 is 3.00 bits per heavy atom. The molecule has 0 spiro atoms. The smallest absolute Gasteiger partial charge is 0.308 e. The third-order valence-corrected chi connectivity index (χ3v) is 3.55. The minimum atomic E-state index is -0.892. The molecule has 0 aliphatic carbocycles. The highest BCUT2D eigenvalue weighted by Gasteiger charge is 2.33. The molecule has 0 saturated carbocycles. The SMILES string of the molecule is O=C(O)C1CC(=O)N(Cc2ccc3[nH]ccc3c2)C1. The van der Waals surface area contributed by atoms with E-state index in [0.29, 0.717) is 13.1 Å². The molecule has 1 aliphatic rings. The monoisotopic (exact) mass is 258 g/mol. The lowest BCUT2D eigenvalue weighted by Gasteiger charge is -2.16. The van der Waals surface area contributed by atoms with Crippen LogP contribution in [0, 0.1) is 5.92 Å². The number of amides is 1. The third kappa shape index (κ3) is 2.19. The normalized spacial score (nSPS) is 19.3. The summed E-state index contributed by atoms with van der Waals surface area (Å²) in [6, 6.07) is 7.93. The molecule has 0 bridgehead atoms. The van der Waals surface area contributed by atoms with Crippen LogP contribution in [0.4, 0.5) is 0 Å². The van der Waals surface area contributed by atoms with E-state index >= 15 is 0 Å². The minimum Gasteiger partial charge on any atom is -0.481 e. The molecule has 19 heavy (non-hydrogen) atoms. The van der Waals surface area contributed by atoms with Gasteiger partial charge >= 0.3 is 5.97 Å². The van der Waals surface area contributed by atoms with Gasteiger partial charge < -0.3 is 15.0 Å². The van der Waals surface area contributed by atoms with Gasteiger partial charge in [0.2, 0.25) is 5.91 Å². The van der Waals surface area contributed by atoms with Crippen molar-refractivity contribution >= 4 is 22.8 Å². The van der Waals surface area contributed by atoms with Crippen LogP contribution < -0.4 is 0 Å². The molecule has 5 nitrogen and oxygen atoms in total. The van der Waals surface area contributed by atoms with Gasteiger partial charge in [0.05, 0.1) is 5.92 Å². The average molecular weight is 258 g/mol. The summed E-state index contributed by atoms with van der Waals surface area (Å²) >= 11 is 0. The molecule has 1 amide bonds. The summed E-state index contributed by atoms with van der Waals surface area (Å²) in [6.45, 7) is 0.781. The zero-order valence-electron chi connectivity index (χ0n) is 10.3. The van der Waals surface area contributed by atoms with Gasteiger partial charge in [-0.2, -0.15) is 0 Å². The number of aromatic nitrogens is 1. The van der Waals surface area contributed by atoms with E-state index in [9.17, 15) is 9.59 Å². The summed E-state index contributed by atoms with van der Waals surface area (Å²) in [4.78, 5) is 27.4. The second-order valence-electron chi connectivity index (χ2n) is 4.91. The zero-order valence-corrected chi connectivity index (χ0v) is 10.3. The molecule has 5 heteroatoms. The van der Waals surface area contributed by atoms with Crippen LogP contribution in [0.5, 0.6) is 0 Å². The average Bonchev–Trinajstić information content (AvgIpc) is 2.96. The highest BCUT2D eigenvalue weighted by atomic mass is 16.4. The number of nitrogens with zero attached hydrogens (tertiary/aromatic N) is 1. The van der Waals surface area contributed by atoms with Crippen LogP contribution in [0.15, 0.2) is 30.5 Å². The Kier molecular flexibility index (Phi) is 2.74. The number of carboxylic acids is 1. The first kappa shape index (κ1) is 11.8. The fraction of sp³-hybridized carbons (Fsp3) is 0.286. The van der Waals surface area contributed by atoms with Crippen LogP contribution in [-0.4, -0.2) is 33.4 Å². The third-order valence-electron chi connectivity index (χ3n) is 3.55. The van der Waals surface area contributed by atoms with Crippen molar-refractivity contribution in [2.45, 2.75) is 13.0 Å². The van der Waals surface area contributed by atoms with Crippen LogP contribution >= 0.6 is 0 Å². The van der Waals surface area contributed by atoms with Gasteiger partial charge in [0, 0.05) is 31.2 Å². The van der Waals surface area contributed by atoms with Gasteiger partial charge in [0.1, 0.15) is 0 Å². The quantitative estimate of drug-likeness (QED) is 0.878. The number of hydrogen-bond donors (Lipinski definition) is 2. The predicted octanol–water partition coefficient (Wildman–Crippen LogP) is 1.60. The number of carbonyl (C=O) groups excluding carboxylic acids is 1. The van der Waals surface area contributed by atoms with Crippen LogP contribution in [0.25, 0.3) is 10.9 Å². The van der Waals surface area contributed by atoms with Gasteiger partial charge in [-0.25, -0.2) is 0 Å². The Morgan fingerprint density at radius 2 is 2.26 bits per heavy atom. The van der Waals surface area contributed by atoms with Gasteiger partial charge in [0.25, 0.3) is 0 Å². The molecule has 1 atom stereocenters. The maximum atomic E-state index is 11.8. The first-order valence-electron chi connectivity index (χ1n) is 6.20. The molecule has 1 saturated heterocycles. The number of likely N-dealkylation sites (tertiary alicyclic amines) is 1. The van der Waals surface area contributed by atoms with E-state index < -0.39 is 11.9 Å². The van der Waals surface area contributed by atoms with Crippen molar-refractivity contribution in [2.75, 3.05) is 6.54 Å². The summed E-state index contributed by atoms with van der Waals surface area (Å²) in [5.74, 6) is -1.54. The number of aliphatic carboxylic acids is 1. The first-order chi connectivity index (χ1) is 9.13. The van der Waals surface area contributed by atoms with Crippen molar-refractivity contribution in [3.63, 3.8) is 0 Å². The second kappa shape index (κ2) is 4.42. The highest BCUT2D eigenvalue weighted by molar-refractivity contribution is 5.86. The van der Waals surface area contributed by atoms with E-state index in [4.69, 9.17) is 5.11 Å². The van der Waals surface area contributed by atoms with E-state index in [1.807, 2.05) is 30.5 Å². The molecular weight excluding hydrogens is 244 g/mol. The molecule has 1 fully saturated rings. The molecule has 3 rings (SSSR count). The molecule has 2 aromatic rings. The Labute approximate surface area is 109 Å². The van der Waals surface area contributed by atoms with Crippen molar-refractivity contribution in [3.8, 4) is 0 Å². The molecule has 2 heterocycles. The first-order valence-corrected chi connectivity index (χ1v) is 6.20. The zero-order chi connectivity index (χ0) is 13.4. The van der Waals surface area contributed by atoms with Gasteiger partial charge in [-0.3, -0.25) is 9.59 Å². The molecule has 1 aliphatic heterocycles. The summed E-state index contributed by atoms with van der Waals surface area (Å²) in [6.07, 6.45) is 1.98. The number of nitrogens with one attached hydrogen (secondary N) is 1. The highest BCUT2D eigenvalue weighted by Crippen LogP contribution is 2.22. The molecule has 1 aromatic carbocycles.